The lowest BCUT2D eigenvalue weighted by molar-refractivity contribution is 0.202. The first kappa shape index (κ1) is 20.7. The van der Waals surface area contributed by atoms with Crippen molar-refractivity contribution >= 4 is 29.1 Å². The summed E-state index contributed by atoms with van der Waals surface area (Å²) in [4.78, 5) is 4.99. The van der Waals surface area contributed by atoms with Gasteiger partial charge >= 0.3 is 0 Å². The number of nitrogens with zero attached hydrogens (tertiary/aromatic N) is 1. The molecule has 0 amide bonds. The van der Waals surface area contributed by atoms with Gasteiger partial charge in [0.2, 0.25) is 5.90 Å². The molecule has 1 heterocycles. The van der Waals surface area contributed by atoms with Crippen molar-refractivity contribution in [3.8, 4) is 0 Å². The third kappa shape index (κ3) is 3.66. The predicted molar refractivity (Wildman–Crippen MR) is 137 cm³/mol. The predicted octanol–water partition coefficient (Wildman–Crippen LogP) is 5.52. The summed E-state index contributed by atoms with van der Waals surface area (Å²) in [6.07, 6.45) is -0.0581. The van der Waals surface area contributed by atoms with Gasteiger partial charge in [0, 0.05) is 0 Å². The third-order valence-corrected chi connectivity index (χ3v) is 10.3. The molecule has 0 aliphatic carbocycles. The largest absolute Gasteiger partial charge is 0.467 e. The molecule has 158 valence electrons. The summed E-state index contributed by atoms with van der Waals surface area (Å²) in [7, 11) is -1.89. The first-order chi connectivity index (χ1) is 15.7. The van der Waals surface area contributed by atoms with Crippen LogP contribution in [0.25, 0.3) is 0 Å². The van der Waals surface area contributed by atoms with Crippen molar-refractivity contribution in [2.24, 2.45) is 4.99 Å². The summed E-state index contributed by atoms with van der Waals surface area (Å²) in [5, 5.41) is 4.01. The average molecular weight is 437 g/mol. The van der Waals surface area contributed by atoms with Gasteiger partial charge in [-0.1, -0.05) is 78.9 Å². The van der Waals surface area contributed by atoms with E-state index in [-0.39, 0.29) is 12.1 Å². The Morgan fingerprint density at radius 3 is 1.75 bits per heavy atom. The molecule has 3 heteroatoms. The maximum atomic E-state index is 6.52. The van der Waals surface area contributed by atoms with E-state index in [9.17, 15) is 0 Å². The van der Waals surface area contributed by atoms with E-state index in [1.807, 2.05) is 6.07 Å². The lowest BCUT2D eigenvalue weighted by Gasteiger charge is -2.25. The highest BCUT2D eigenvalue weighted by Crippen LogP contribution is 2.52. The summed E-state index contributed by atoms with van der Waals surface area (Å²) in [6, 6.07) is 40.8. The van der Waals surface area contributed by atoms with E-state index in [0.29, 0.717) is 0 Å². The summed E-state index contributed by atoms with van der Waals surface area (Å²) >= 11 is 0. The zero-order valence-electron chi connectivity index (χ0n) is 18.4. The van der Waals surface area contributed by atoms with E-state index in [1.165, 1.54) is 21.5 Å². The van der Waals surface area contributed by atoms with Crippen LogP contribution < -0.4 is 15.9 Å². The van der Waals surface area contributed by atoms with Crippen LogP contribution in [0.3, 0.4) is 0 Å². The van der Waals surface area contributed by atoms with Crippen molar-refractivity contribution in [1.82, 2.24) is 0 Å². The monoisotopic (exact) mass is 436 g/mol. The summed E-state index contributed by atoms with van der Waals surface area (Å²) in [5.74, 6) is 0.750. The van der Waals surface area contributed by atoms with Crippen LogP contribution in [0.4, 0.5) is 0 Å². The molecule has 2 nitrogen and oxygen atoms in total. The van der Waals surface area contributed by atoms with Crippen LogP contribution >= 0.6 is 7.26 Å². The standard InChI is InChI=1S/C29H27NOP/c1-22-28(23-14-6-3-7-15-23)31-29(30-22)26-20-12-13-21-27(26)32(2,24-16-8-4-9-17-24)25-18-10-5-11-19-25/h3-22,28H,1-2H3/q+1. The SMILES string of the molecule is CC1N=C(c2ccccc2[P+](C)(c2ccccc2)c2ccccc2)OC1c1ccccc1. The molecule has 0 N–H and O–H groups in total. The molecule has 32 heavy (non-hydrogen) atoms. The second-order valence-corrected chi connectivity index (χ2v) is 11.8. The van der Waals surface area contributed by atoms with E-state index in [2.05, 4.69) is 123 Å². The maximum absolute atomic E-state index is 6.52. The molecule has 0 aromatic heterocycles. The molecule has 4 aromatic rings. The molecule has 2 atom stereocenters. The molecule has 5 rings (SSSR count). The second-order valence-electron chi connectivity index (χ2n) is 8.32. The van der Waals surface area contributed by atoms with Gasteiger partial charge in [-0.3, -0.25) is 0 Å². The van der Waals surface area contributed by atoms with Crippen LogP contribution in [0, 0.1) is 0 Å². The Bertz CT molecular complexity index is 1180. The highest BCUT2D eigenvalue weighted by Gasteiger charge is 2.44. The molecule has 0 fully saturated rings. The van der Waals surface area contributed by atoms with Crippen molar-refractivity contribution in [2.75, 3.05) is 6.66 Å². The van der Waals surface area contributed by atoms with Crippen LogP contribution in [-0.4, -0.2) is 18.6 Å². The lowest BCUT2D eigenvalue weighted by atomic mass is 10.0. The Balaban J connectivity index is 1.63. The van der Waals surface area contributed by atoms with Crippen molar-refractivity contribution in [3.05, 3.63) is 126 Å². The molecule has 0 radical (unpaired) electrons. The summed E-state index contributed by atoms with van der Waals surface area (Å²) < 4.78 is 6.52. The van der Waals surface area contributed by atoms with Gasteiger partial charge in [0.25, 0.3) is 0 Å². The number of hydrogen-bond donors (Lipinski definition) is 0. The Labute approximate surface area is 191 Å². The van der Waals surface area contributed by atoms with Crippen LogP contribution in [0.2, 0.25) is 0 Å². The Morgan fingerprint density at radius 2 is 1.16 bits per heavy atom. The Morgan fingerprint density at radius 1 is 0.656 bits per heavy atom. The molecule has 4 aromatic carbocycles. The minimum Gasteiger partial charge on any atom is -0.467 e. The number of rotatable bonds is 5. The molecular formula is C29H27NOP+. The normalized spacial score (nSPS) is 18.1. The lowest BCUT2D eigenvalue weighted by Crippen LogP contribution is -2.33. The summed E-state index contributed by atoms with van der Waals surface area (Å²) in [5.41, 5.74) is 2.27. The van der Waals surface area contributed by atoms with Gasteiger partial charge < -0.3 is 4.74 Å². The second kappa shape index (κ2) is 8.73. The van der Waals surface area contributed by atoms with Gasteiger partial charge in [0.15, 0.2) is 0 Å². The molecule has 0 saturated heterocycles. The zero-order chi connectivity index (χ0) is 22.0. The first-order valence-electron chi connectivity index (χ1n) is 11.0. The quantitative estimate of drug-likeness (QED) is 0.378. The number of aliphatic imine (C=N–C) groups is 1. The van der Waals surface area contributed by atoms with Gasteiger partial charge in [-0.15, -0.1) is 0 Å². The third-order valence-electron chi connectivity index (χ3n) is 6.29. The van der Waals surface area contributed by atoms with Gasteiger partial charge in [0.05, 0.1) is 18.3 Å². The van der Waals surface area contributed by atoms with Crippen LogP contribution in [0.1, 0.15) is 24.2 Å². The minimum absolute atomic E-state index is 0.0581. The Hall–Kier alpha value is -3.22. The van der Waals surface area contributed by atoms with Crippen molar-refractivity contribution in [3.63, 3.8) is 0 Å². The van der Waals surface area contributed by atoms with Gasteiger partial charge in [-0.05, 0) is 48.9 Å². The fourth-order valence-electron chi connectivity index (χ4n) is 4.55. The van der Waals surface area contributed by atoms with Crippen molar-refractivity contribution in [1.29, 1.82) is 0 Å². The van der Waals surface area contributed by atoms with Gasteiger partial charge in [0.1, 0.15) is 29.3 Å². The van der Waals surface area contributed by atoms with E-state index in [4.69, 9.17) is 9.73 Å². The highest BCUT2D eigenvalue weighted by molar-refractivity contribution is 7.95. The van der Waals surface area contributed by atoms with Crippen LogP contribution in [0.5, 0.6) is 0 Å². The van der Waals surface area contributed by atoms with Gasteiger partial charge in [-0.25, -0.2) is 4.99 Å². The molecule has 0 saturated carbocycles. The average Bonchev–Trinajstić information content (AvgIpc) is 3.26. The van der Waals surface area contributed by atoms with E-state index in [1.54, 1.807) is 0 Å². The highest BCUT2D eigenvalue weighted by atomic mass is 31.2. The zero-order valence-corrected chi connectivity index (χ0v) is 19.3. The number of hydrogen-bond acceptors (Lipinski definition) is 2. The molecule has 2 unspecified atom stereocenters. The van der Waals surface area contributed by atoms with Crippen LogP contribution in [-0.2, 0) is 4.74 Å². The van der Waals surface area contributed by atoms with E-state index in [0.717, 1.165) is 11.5 Å². The fourth-order valence-corrected chi connectivity index (χ4v) is 7.98. The summed E-state index contributed by atoms with van der Waals surface area (Å²) in [6.45, 7) is 4.54. The first-order valence-corrected chi connectivity index (χ1v) is 13.3. The topological polar surface area (TPSA) is 21.6 Å². The van der Waals surface area contributed by atoms with E-state index < -0.39 is 7.26 Å². The van der Waals surface area contributed by atoms with Gasteiger partial charge in [-0.2, -0.15) is 0 Å². The van der Waals surface area contributed by atoms with E-state index >= 15 is 0 Å². The maximum Gasteiger partial charge on any atom is 0.221 e. The number of benzene rings is 4. The smallest absolute Gasteiger partial charge is 0.221 e. The minimum atomic E-state index is -1.89. The van der Waals surface area contributed by atoms with Crippen LogP contribution in [0.15, 0.2) is 120 Å². The molecule has 0 spiro atoms. The van der Waals surface area contributed by atoms with Crippen molar-refractivity contribution in [2.45, 2.75) is 19.1 Å². The fraction of sp³-hybridized carbons (Fsp3) is 0.138. The number of ether oxygens (including phenoxy) is 1. The molecule has 0 bridgehead atoms. The Kier molecular flexibility index (Phi) is 5.64. The molecule has 1 aliphatic heterocycles. The van der Waals surface area contributed by atoms with Crippen molar-refractivity contribution < 1.29 is 4.74 Å². The molecular weight excluding hydrogens is 409 g/mol. The molecule has 1 aliphatic rings.